The fraction of sp³-hybridized carbons (Fsp3) is 0.200. The minimum Gasteiger partial charge on any atom is -0.392 e. The fourth-order valence-corrected chi connectivity index (χ4v) is 1.99. The molecule has 20 heavy (non-hydrogen) atoms. The van der Waals surface area contributed by atoms with Crippen LogP contribution in [-0.4, -0.2) is 11.2 Å². The number of hydrogen-bond donors (Lipinski definition) is 1. The zero-order valence-corrected chi connectivity index (χ0v) is 10.4. The molecule has 2 aromatic carbocycles. The van der Waals surface area contributed by atoms with Crippen molar-refractivity contribution in [3.8, 4) is 0 Å². The number of hydrogen-bond acceptors (Lipinski definition) is 1. The van der Waals surface area contributed by atoms with E-state index in [4.69, 9.17) is 0 Å². The molecule has 0 fully saturated rings. The Bertz CT molecular complexity index is 609. The summed E-state index contributed by atoms with van der Waals surface area (Å²) < 4.78 is 52.8. The van der Waals surface area contributed by atoms with Crippen LogP contribution in [0.2, 0.25) is 0 Å². The zero-order valence-electron chi connectivity index (χ0n) is 10.4. The second-order valence-electron chi connectivity index (χ2n) is 4.51. The molecule has 0 aliphatic heterocycles. The van der Waals surface area contributed by atoms with E-state index in [1.165, 1.54) is 12.1 Å². The topological polar surface area (TPSA) is 20.2 Å². The highest BCUT2D eigenvalue weighted by Gasteiger charge is 2.15. The van der Waals surface area contributed by atoms with Crippen LogP contribution in [0.3, 0.4) is 0 Å². The second kappa shape index (κ2) is 6.05. The molecule has 0 aliphatic carbocycles. The molecule has 0 heterocycles. The molecule has 1 atom stereocenters. The Kier molecular flexibility index (Phi) is 4.39. The van der Waals surface area contributed by atoms with Crippen molar-refractivity contribution in [2.75, 3.05) is 0 Å². The number of aliphatic hydroxyl groups excluding tert-OH is 1. The standard InChI is InChI=1S/C15H12F4O/c16-11-4-5-13(17)10(6-11)8-12(20)7-9-2-1-3-14(18)15(9)19/h1-6,12,20H,7-8H2. The maximum atomic E-state index is 13.4. The van der Waals surface area contributed by atoms with Crippen LogP contribution in [0.25, 0.3) is 0 Å². The normalized spacial score (nSPS) is 12.4. The average Bonchev–Trinajstić information content (AvgIpc) is 2.39. The van der Waals surface area contributed by atoms with Gasteiger partial charge >= 0.3 is 0 Å². The SMILES string of the molecule is OC(Cc1cc(F)ccc1F)Cc1cccc(F)c1F. The molecule has 0 saturated carbocycles. The van der Waals surface area contributed by atoms with Crippen molar-refractivity contribution in [3.05, 3.63) is 70.8 Å². The zero-order chi connectivity index (χ0) is 14.7. The van der Waals surface area contributed by atoms with Crippen LogP contribution < -0.4 is 0 Å². The lowest BCUT2D eigenvalue weighted by Gasteiger charge is -2.12. The number of halogens is 4. The van der Waals surface area contributed by atoms with Crippen molar-refractivity contribution < 1.29 is 22.7 Å². The highest BCUT2D eigenvalue weighted by Crippen LogP contribution is 2.17. The van der Waals surface area contributed by atoms with E-state index in [1.54, 1.807) is 0 Å². The molecular weight excluding hydrogens is 272 g/mol. The van der Waals surface area contributed by atoms with Crippen LogP contribution in [0.15, 0.2) is 36.4 Å². The molecule has 1 nitrogen and oxygen atoms in total. The molecule has 106 valence electrons. The molecule has 5 heteroatoms. The summed E-state index contributed by atoms with van der Waals surface area (Å²) in [6.45, 7) is 0. The predicted molar refractivity (Wildman–Crippen MR) is 66.1 cm³/mol. The van der Waals surface area contributed by atoms with Crippen LogP contribution in [0.4, 0.5) is 17.6 Å². The van der Waals surface area contributed by atoms with E-state index < -0.39 is 29.4 Å². The Morgan fingerprint density at radius 3 is 2.30 bits per heavy atom. The van der Waals surface area contributed by atoms with Gasteiger partial charge in [0.25, 0.3) is 0 Å². The van der Waals surface area contributed by atoms with Gasteiger partial charge in [0.1, 0.15) is 11.6 Å². The molecule has 0 radical (unpaired) electrons. The summed E-state index contributed by atoms with van der Waals surface area (Å²) in [4.78, 5) is 0. The van der Waals surface area contributed by atoms with Crippen molar-refractivity contribution in [2.24, 2.45) is 0 Å². The minimum absolute atomic E-state index is 0.00527. The summed E-state index contributed by atoms with van der Waals surface area (Å²) >= 11 is 0. The van der Waals surface area contributed by atoms with E-state index in [2.05, 4.69) is 0 Å². The van der Waals surface area contributed by atoms with Gasteiger partial charge < -0.3 is 5.11 Å². The molecule has 0 spiro atoms. The third-order valence-corrected chi connectivity index (χ3v) is 2.95. The lowest BCUT2D eigenvalue weighted by Crippen LogP contribution is -2.16. The highest BCUT2D eigenvalue weighted by molar-refractivity contribution is 5.22. The number of rotatable bonds is 4. The Morgan fingerprint density at radius 1 is 0.850 bits per heavy atom. The van der Waals surface area contributed by atoms with Gasteiger partial charge in [-0.15, -0.1) is 0 Å². The number of benzene rings is 2. The average molecular weight is 284 g/mol. The van der Waals surface area contributed by atoms with E-state index >= 15 is 0 Å². The first-order valence-corrected chi connectivity index (χ1v) is 6.02. The van der Waals surface area contributed by atoms with Crippen LogP contribution in [0.1, 0.15) is 11.1 Å². The summed E-state index contributed by atoms with van der Waals surface area (Å²) in [5.74, 6) is -3.31. The molecule has 0 bridgehead atoms. The smallest absolute Gasteiger partial charge is 0.162 e. The van der Waals surface area contributed by atoms with Gasteiger partial charge in [0.15, 0.2) is 11.6 Å². The quantitative estimate of drug-likeness (QED) is 0.853. The van der Waals surface area contributed by atoms with Crippen LogP contribution in [0.5, 0.6) is 0 Å². The lowest BCUT2D eigenvalue weighted by molar-refractivity contribution is 0.172. The molecular formula is C15H12F4O. The van der Waals surface area contributed by atoms with Crippen LogP contribution in [-0.2, 0) is 12.8 Å². The summed E-state index contributed by atoms with van der Waals surface area (Å²) in [6, 6.07) is 6.53. The number of aliphatic hydroxyl groups is 1. The van der Waals surface area contributed by atoms with Crippen molar-refractivity contribution >= 4 is 0 Å². The summed E-state index contributed by atoms with van der Waals surface area (Å²) in [5, 5.41) is 9.81. The van der Waals surface area contributed by atoms with Gasteiger partial charge in [-0.05, 0) is 35.4 Å². The second-order valence-corrected chi connectivity index (χ2v) is 4.51. The van der Waals surface area contributed by atoms with Crippen molar-refractivity contribution in [1.82, 2.24) is 0 Å². The summed E-state index contributed by atoms with van der Waals surface area (Å²) in [6.07, 6.45) is -1.50. The first kappa shape index (κ1) is 14.5. The van der Waals surface area contributed by atoms with Crippen LogP contribution >= 0.6 is 0 Å². The molecule has 0 amide bonds. The van der Waals surface area contributed by atoms with Gasteiger partial charge in [-0.25, -0.2) is 17.6 Å². The van der Waals surface area contributed by atoms with Gasteiger partial charge in [-0.2, -0.15) is 0 Å². The predicted octanol–water partition coefficient (Wildman–Crippen LogP) is 3.39. The summed E-state index contributed by atoms with van der Waals surface area (Å²) in [7, 11) is 0. The Balaban J connectivity index is 2.11. The third kappa shape index (κ3) is 3.36. The van der Waals surface area contributed by atoms with Gasteiger partial charge in [-0.3, -0.25) is 0 Å². The molecule has 0 aromatic heterocycles. The minimum atomic E-state index is -1.14. The largest absolute Gasteiger partial charge is 0.392 e. The lowest BCUT2D eigenvalue weighted by atomic mass is 10.0. The van der Waals surface area contributed by atoms with Crippen molar-refractivity contribution in [2.45, 2.75) is 18.9 Å². The summed E-state index contributed by atoms with van der Waals surface area (Å²) in [5.41, 5.74) is -0.0105. The third-order valence-electron chi connectivity index (χ3n) is 2.95. The van der Waals surface area contributed by atoms with E-state index in [9.17, 15) is 22.7 Å². The van der Waals surface area contributed by atoms with Gasteiger partial charge in [0, 0.05) is 12.8 Å². The van der Waals surface area contributed by atoms with E-state index in [-0.39, 0.29) is 24.0 Å². The fourth-order valence-electron chi connectivity index (χ4n) is 1.99. The highest BCUT2D eigenvalue weighted by atomic mass is 19.2. The molecule has 0 saturated heterocycles. The molecule has 0 aliphatic rings. The Morgan fingerprint density at radius 2 is 1.55 bits per heavy atom. The van der Waals surface area contributed by atoms with E-state index in [1.807, 2.05) is 0 Å². The van der Waals surface area contributed by atoms with Crippen molar-refractivity contribution in [3.63, 3.8) is 0 Å². The van der Waals surface area contributed by atoms with Crippen LogP contribution in [0, 0.1) is 23.3 Å². The monoisotopic (exact) mass is 284 g/mol. The van der Waals surface area contributed by atoms with Gasteiger partial charge in [0.2, 0.25) is 0 Å². The van der Waals surface area contributed by atoms with Gasteiger partial charge in [0.05, 0.1) is 6.10 Å². The first-order chi connectivity index (χ1) is 9.47. The van der Waals surface area contributed by atoms with Crippen molar-refractivity contribution in [1.29, 1.82) is 0 Å². The Labute approximate surface area is 113 Å². The maximum absolute atomic E-state index is 13.4. The van der Waals surface area contributed by atoms with E-state index in [0.717, 1.165) is 24.3 Å². The molecule has 2 rings (SSSR count). The molecule has 1 unspecified atom stereocenters. The Hall–Kier alpha value is -1.88. The van der Waals surface area contributed by atoms with Gasteiger partial charge in [-0.1, -0.05) is 12.1 Å². The molecule has 1 N–H and O–H groups in total. The molecule has 2 aromatic rings. The van der Waals surface area contributed by atoms with E-state index in [0.29, 0.717) is 0 Å². The first-order valence-electron chi connectivity index (χ1n) is 6.02. The maximum Gasteiger partial charge on any atom is 0.162 e.